The van der Waals surface area contributed by atoms with Crippen molar-refractivity contribution in [3.8, 4) is 5.69 Å². The van der Waals surface area contributed by atoms with Crippen LogP contribution in [0.3, 0.4) is 0 Å². The summed E-state index contributed by atoms with van der Waals surface area (Å²) >= 11 is 0. The van der Waals surface area contributed by atoms with E-state index in [0.29, 0.717) is 13.1 Å². The molecule has 0 bridgehead atoms. The summed E-state index contributed by atoms with van der Waals surface area (Å²) in [5.74, 6) is 2.61. The van der Waals surface area contributed by atoms with Crippen molar-refractivity contribution < 1.29 is 4.79 Å². The van der Waals surface area contributed by atoms with Crippen LogP contribution in [0.2, 0.25) is 0 Å². The second-order valence-corrected chi connectivity index (χ2v) is 10.5. The molecule has 3 fully saturated rings. The SMILES string of the molecule is CC(C)(CN1C[C@@H]2[C@@H](CN)[C@@H]2C1)c1ccc(-n2ccc(NC(=O)N3CCNCC3)nc2=O)cc1. The summed E-state index contributed by atoms with van der Waals surface area (Å²) in [6.45, 7) is 11.5. The predicted molar refractivity (Wildman–Crippen MR) is 132 cm³/mol. The van der Waals surface area contributed by atoms with Crippen LogP contribution in [0.1, 0.15) is 19.4 Å². The van der Waals surface area contributed by atoms with Crippen molar-refractivity contribution in [3.63, 3.8) is 0 Å². The van der Waals surface area contributed by atoms with Crippen molar-refractivity contribution in [1.29, 1.82) is 0 Å². The lowest BCUT2D eigenvalue weighted by Gasteiger charge is -2.32. The van der Waals surface area contributed by atoms with E-state index < -0.39 is 5.69 Å². The van der Waals surface area contributed by atoms with Gasteiger partial charge in [-0.25, -0.2) is 9.59 Å². The minimum absolute atomic E-state index is 0.00877. The summed E-state index contributed by atoms with van der Waals surface area (Å²) in [7, 11) is 0. The van der Waals surface area contributed by atoms with Crippen LogP contribution >= 0.6 is 0 Å². The molecule has 2 aromatic rings. The van der Waals surface area contributed by atoms with Crippen LogP contribution in [0, 0.1) is 17.8 Å². The smallest absolute Gasteiger partial charge is 0.330 e. The van der Waals surface area contributed by atoms with E-state index in [2.05, 4.69) is 46.5 Å². The molecule has 5 rings (SSSR count). The number of likely N-dealkylation sites (tertiary alicyclic amines) is 1. The number of anilines is 1. The highest BCUT2D eigenvalue weighted by Crippen LogP contribution is 2.51. The summed E-state index contributed by atoms with van der Waals surface area (Å²) in [5.41, 5.74) is 7.44. The molecule has 3 atom stereocenters. The number of amides is 2. The molecule has 0 spiro atoms. The van der Waals surface area contributed by atoms with Gasteiger partial charge >= 0.3 is 11.7 Å². The van der Waals surface area contributed by atoms with E-state index in [9.17, 15) is 9.59 Å². The van der Waals surface area contributed by atoms with E-state index in [4.69, 9.17) is 5.73 Å². The molecule has 3 heterocycles. The number of rotatable bonds is 6. The zero-order valence-corrected chi connectivity index (χ0v) is 20.0. The lowest BCUT2D eigenvalue weighted by molar-refractivity contribution is 0.204. The normalized spacial score (nSPS) is 24.7. The first-order chi connectivity index (χ1) is 16.4. The standard InChI is InChI=1S/C25H35N7O2/c1-25(2,16-30-14-20-19(13-26)21(20)15-30)17-3-5-18(6-4-17)32-10-7-22(29-24(32)34)28-23(33)31-11-8-27-9-12-31/h3-7,10,19-21,27H,8-9,11-16,26H2,1-2H3,(H,28,29,33,34)/t19-,20-,21+. The van der Waals surface area contributed by atoms with Crippen molar-refractivity contribution in [2.45, 2.75) is 19.3 Å². The largest absolute Gasteiger partial charge is 0.354 e. The number of nitrogens with two attached hydrogens (primary N) is 1. The first kappa shape index (κ1) is 23.0. The average molecular weight is 466 g/mol. The zero-order valence-electron chi connectivity index (χ0n) is 20.0. The second-order valence-electron chi connectivity index (χ2n) is 10.5. The van der Waals surface area contributed by atoms with Crippen LogP contribution in [-0.4, -0.2) is 77.7 Å². The highest BCUT2D eigenvalue weighted by molar-refractivity contribution is 5.88. The quantitative estimate of drug-likeness (QED) is 0.589. The molecule has 1 aromatic heterocycles. The summed E-state index contributed by atoms with van der Waals surface area (Å²) in [5, 5.41) is 5.94. The minimum atomic E-state index is -0.420. The van der Waals surface area contributed by atoms with Gasteiger partial charge in [-0.15, -0.1) is 0 Å². The molecule has 34 heavy (non-hydrogen) atoms. The first-order valence-corrected chi connectivity index (χ1v) is 12.3. The van der Waals surface area contributed by atoms with Gasteiger partial charge in [-0.1, -0.05) is 26.0 Å². The van der Waals surface area contributed by atoms with E-state index in [1.54, 1.807) is 17.2 Å². The third-order valence-electron chi connectivity index (χ3n) is 7.71. The molecule has 2 amide bonds. The fraction of sp³-hybridized carbons (Fsp3) is 0.560. The number of carbonyl (C=O) groups excluding carboxylic acids is 1. The average Bonchev–Trinajstić information content (AvgIpc) is 3.32. The van der Waals surface area contributed by atoms with Gasteiger partial charge in [0.15, 0.2) is 0 Å². The lowest BCUT2D eigenvalue weighted by atomic mass is 9.84. The molecule has 2 saturated heterocycles. The summed E-state index contributed by atoms with van der Waals surface area (Å²) in [6, 6.07) is 9.55. The Morgan fingerprint density at radius 2 is 1.82 bits per heavy atom. The zero-order chi connectivity index (χ0) is 23.9. The Labute approximate surface area is 200 Å². The Balaban J connectivity index is 1.22. The number of nitrogens with zero attached hydrogens (tertiary/aromatic N) is 4. The maximum atomic E-state index is 12.7. The lowest BCUT2D eigenvalue weighted by Crippen LogP contribution is -2.48. The van der Waals surface area contributed by atoms with Crippen LogP contribution in [0.5, 0.6) is 0 Å². The molecule has 0 radical (unpaired) electrons. The molecule has 182 valence electrons. The van der Waals surface area contributed by atoms with E-state index in [1.165, 1.54) is 10.1 Å². The van der Waals surface area contributed by atoms with Crippen molar-refractivity contribution >= 4 is 11.8 Å². The van der Waals surface area contributed by atoms with Crippen LogP contribution in [-0.2, 0) is 5.41 Å². The third kappa shape index (κ3) is 4.60. The predicted octanol–water partition coefficient (Wildman–Crippen LogP) is 1.08. The van der Waals surface area contributed by atoms with Crippen LogP contribution in [0.4, 0.5) is 10.6 Å². The Kier molecular flexibility index (Phi) is 6.18. The van der Waals surface area contributed by atoms with Gasteiger partial charge in [-0.3, -0.25) is 9.88 Å². The van der Waals surface area contributed by atoms with E-state index in [-0.39, 0.29) is 17.3 Å². The number of hydrogen-bond donors (Lipinski definition) is 3. The van der Waals surface area contributed by atoms with Crippen molar-refractivity contribution in [3.05, 3.63) is 52.6 Å². The molecule has 9 heteroatoms. The molecule has 3 aliphatic rings. The van der Waals surface area contributed by atoms with Crippen molar-refractivity contribution in [2.75, 3.05) is 57.7 Å². The highest BCUT2D eigenvalue weighted by Gasteiger charge is 2.54. The van der Waals surface area contributed by atoms with Gasteiger partial charge in [0.2, 0.25) is 0 Å². The van der Waals surface area contributed by atoms with Gasteiger partial charge in [0.1, 0.15) is 5.82 Å². The highest BCUT2D eigenvalue weighted by atomic mass is 16.2. The van der Waals surface area contributed by atoms with Crippen molar-refractivity contribution in [1.82, 2.24) is 24.7 Å². The second kappa shape index (κ2) is 9.13. The fourth-order valence-corrected chi connectivity index (χ4v) is 5.66. The summed E-state index contributed by atoms with van der Waals surface area (Å²) in [6.07, 6.45) is 1.66. The molecular formula is C25H35N7O2. The number of urea groups is 1. The van der Waals surface area contributed by atoms with Gasteiger partial charge in [-0.2, -0.15) is 4.98 Å². The molecule has 1 aromatic carbocycles. The molecule has 1 saturated carbocycles. The topological polar surface area (TPSA) is 109 Å². The molecule has 4 N–H and O–H groups in total. The number of piperazine rings is 1. The molecule has 9 nitrogen and oxygen atoms in total. The van der Waals surface area contributed by atoms with Gasteiger partial charge < -0.3 is 20.9 Å². The number of hydrogen-bond acceptors (Lipinski definition) is 6. The molecular weight excluding hydrogens is 430 g/mol. The third-order valence-corrected chi connectivity index (χ3v) is 7.71. The van der Waals surface area contributed by atoms with Gasteiger partial charge in [0.05, 0.1) is 5.69 Å². The van der Waals surface area contributed by atoms with Crippen LogP contribution in [0.25, 0.3) is 5.69 Å². The Morgan fingerprint density at radius 3 is 2.44 bits per heavy atom. The van der Waals surface area contributed by atoms with Crippen LogP contribution < -0.4 is 22.1 Å². The summed E-state index contributed by atoms with van der Waals surface area (Å²) < 4.78 is 1.50. The Bertz CT molecular complexity index is 1080. The van der Waals surface area contributed by atoms with Gasteiger partial charge in [-0.05, 0) is 48.1 Å². The molecule has 2 aliphatic heterocycles. The van der Waals surface area contributed by atoms with E-state index >= 15 is 0 Å². The van der Waals surface area contributed by atoms with E-state index in [1.807, 2.05) is 12.1 Å². The number of piperidine rings is 1. The number of fused-ring (bicyclic) bond motifs is 1. The minimum Gasteiger partial charge on any atom is -0.330 e. The maximum absolute atomic E-state index is 12.7. The fourth-order valence-electron chi connectivity index (χ4n) is 5.66. The Hall–Kier alpha value is -2.75. The van der Waals surface area contributed by atoms with E-state index in [0.717, 1.165) is 62.7 Å². The first-order valence-electron chi connectivity index (χ1n) is 12.3. The molecule has 1 aliphatic carbocycles. The van der Waals surface area contributed by atoms with Crippen LogP contribution in [0.15, 0.2) is 41.3 Å². The van der Waals surface area contributed by atoms with Gasteiger partial charge in [0, 0.05) is 57.4 Å². The summed E-state index contributed by atoms with van der Waals surface area (Å²) in [4.78, 5) is 33.4. The Morgan fingerprint density at radius 1 is 1.15 bits per heavy atom. The number of aromatic nitrogens is 2. The maximum Gasteiger partial charge on any atom is 0.354 e. The number of benzene rings is 1. The van der Waals surface area contributed by atoms with Gasteiger partial charge in [0.25, 0.3) is 0 Å². The number of nitrogens with one attached hydrogen (secondary N) is 2. The number of carbonyl (C=O) groups is 1. The molecule has 0 unspecified atom stereocenters. The monoisotopic (exact) mass is 465 g/mol. The van der Waals surface area contributed by atoms with Crippen molar-refractivity contribution in [2.24, 2.45) is 23.5 Å².